The van der Waals surface area contributed by atoms with Gasteiger partial charge in [-0.15, -0.1) is 0 Å². The molecule has 0 aromatic rings. The van der Waals surface area contributed by atoms with Gasteiger partial charge in [0, 0.05) is 19.6 Å². The molecule has 1 aliphatic heterocycles. The Balaban J connectivity index is 1.44. The molecular formula is C25H40FNO2. The minimum atomic E-state index is -0.622. The summed E-state index contributed by atoms with van der Waals surface area (Å²) in [5.74, 6) is 2.00. The summed E-state index contributed by atoms with van der Waals surface area (Å²) in [5.41, 5.74) is 3.14. The van der Waals surface area contributed by atoms with Crippen LogP contribution in [0.3, 0.4) is 0 Å². The number of alkyl halides is 1. The molecule has 0 spiro atoms. The van der Waals surface area contributed by atoms with E-state index in [0.29, 0.717) is 49.5 Å². The van der Waals surface area contributed by atoms with Gasteiger partial charge in [0.1, 0.15) is 6.17 Å². The zero-order valence-electron chi connectivity index (χ0n) is 18.3. The minimum absolute atomic E-state index is 0.364. The molecule has 4 fully saturated rings. The number of allylic oxidation sites excluding steroid dienone is 3. The maximum Gasteiger partial charge on any atom is 0.114 e. The van der Waals surface area contributed by atoms with Gasteiger partial charge in [0.2, 0.25) is 0 Å². The molecule has 2 N–H and O–H groups in total. The molecular weight excluding hydrogens is 365 g/mol. The van der Waals surface area contributed by atoms with Gasteiger partial charge in [0.05, 0.1) is 12.2 Å². The van der Waals surface area contributed by atoms with Gasteiger partial charge in [-0.1, -0.05) is 37.1 Å². The van der Waals surface area contributed by atoms with Crippen LogP contribution >= 0.6 is 0 Å². The average Bonchev–Trinajstić information content (AvgIpc) is 3.21. The Bertz CT molecular complexity index is 635. The topological polar surface area (TPSA) is 43.7 Å². The molecule has 0 amide bonds. The number of likely N-dealkylation sites (tertiary alicyclic amines) is 1. The first-order valence-electron chi connectivity index (χ1n) is 12.0. The lowest BCUT2D eigenvalue weighted by atomic mass is 9.61. The molecule has 3 nitrogen and oxygen atoms in total. The number of aliphatic hydroxyl groups excluding tert-OH is 2. The number of hydrogen-bond donors (Lipinski definition) is 2. The highest BCUT2D eigenvalue weighted by Crippen LogP contribution is 2.59. The Morgan fingerprint density at radius 1 is 1.17 bits per heavy atom. The molecule has 0 aromatic heterocycles. The molecule has 4 aliphatic rings. The molecule has 1 heterocycles. The van der Waals surface area contributed by atoms with Gasteiger partial charge < -0.3 is 15.1 Å². The lowest BCUT2D eigenvalue weighted by Crippen LogP contribution is -2.39. The SMILES string of the molecule is CC(CN1CC[C@H](F)C1)[C@H]1CC[C@H]2/C(=C/C=C3C[C@@H](O)C[C@H](O)C3)CCC[C@]12C. The summed E-state index contributed by atoms with van der Waals surface area (Å²) < 4.78 is 13.6. The van der Waals surface area contributed by atoms with E-state index < -0.39 is 18.4 Å². The summed E-state index contributed by atoms with van der Waals surface area (Å²) in [5, 5.41) is 19.9. The molecule has 3 aliphatic carbocycles. The van der Waals surface area contributed by atoms with Crippen LogP contribution in [0.25, 0.3) is 0 Å². The number of aliphatic hydroxyl groups is 2. The van der Waals surface area contributed by atoms with Crippen molar-refractivity contribution >= 4 is 0 Å². The molecule has 3 saturated carbocycles. The van der Waals surface area contributed by atoms with E-state index in [9.17, 15) is 14.6 Å². The highest BCUT2D eigenvalue weighted by molar-refractivity contribution is 5.26. The van der Waals surface area contributed by atoms with Crippen LogP contribution in [0.15, 0.2) is 23.3 Å². The number of fused-ring (bicyclic) bond motifs is 1. The number of rotatable bonds is 4. The summed E-state index contributed by atoms with van der Waals surface area (Å²) in [4.78, 5) is 2.34. The van der Waals surface area contributed by atoms with Gasteiger partial charge in [0.15, 0.2) is 0 Å². The lowest BCUT2D eigenvalue weighted by molar-refractivity contribution is 0.0609. The third-order valence-electron chi connectivity index (χ3n) is 8.56. The molecule has 164 valence electrons. The van der Waals surface area contributed by atoms with E-state index in [0.717, 1.165) is 19.0 Å². The van der Waals surface area contributed by atoms with Gasteiger partial charge in [-0.05, 0) is 81.0 Å². The summed E-state index contributed by atoms with van der Waals surface area (Å²) in [6.45, 7) is 7.52. The number of nitrogens with zero attached hydrogens (tertiary/aromatic N) is 1. The van der Waals surface area contributed by atoms with Crippen LogP contribution in [-0.2, 0) is 0 Å². The smallest absolute Gasteiger partial charge is 0.114 e. The predicted molar refractivity (Wildman–Crippen MR) is 115 cm³/mol. The van der Waals surface area contributed by atoms with Gasteiger partial charge in [0.25, 0.3) is 0 Å². The zero-order chi connectivity index (χ0) is 20.6. The quantitative estimate of drug-likeness (QED) is 0.716. The second-order valence-corrected chi connectivity index (χ2v) is 10.7. The van der Waals surface area contributed by atoms with Crippen molar-refractivity contribution in [2.24, 2.45) is 23.2 Å². The van der Waals surface area contributed by atoms with Crippen LogP contribution in [-0.4, -0.2) is 53.1 Å². The molecule has 4 heteroatoms. The molecule has 7 atom stereocenters. The van der Waals surface area contributed by atoms with Crippen molar-refractivity contribution in [3.63, 3.8) is 0 Å². The number of halogens is 1. The van der Waals surface area contributed by atoms with E-state index in [1.54, 1.807) is 5.57 Å². The van der Waals surface area contributed by atoms with Crippen LogP contribution in [0.1, 0.15) is 71.6 Å². The summed E-state index contributed by atoms with van der Waals surface area (Å²) >= 11 is 0. The fraction of sp³-hybridized carbons (Fsp3) is 0.840. The molecule has 4 rings (SSSR count). The fourth-order valence-corrected chi connectivity index (χ4v) is 7.23. The lowest BCUT2D eigenvalue weighted by Gasteiger charge is -2.45. The van der Waals surface area contributed by atoms with Crippen molar-refractivity contribution in [2.75, 3.05) is 19.6 Å². The van der Waals surface area contributed by atoms with Crippen LogP contribution in [0.4, 0.5) is 4.39 Å². The second-order valence-electron chi connectivity index (χ2n) is 10.7. The van der Waals surface area contributed by atoms with E-state index in [2.05, 4.69) is 30.9 Å². The Labute approximate surface area is 176 Å². The third kappa shape index (κ3) is 4.65. The Kier molecular flexibility index (Phi) is 6.53. The molecule has 1 unspecified atom stereocenters. The Hall–Kier alpha value is -0.710. The van der Waals surface area contributed by atoms with Crippen LogP contribution in [0, 0.1) is 23.2 Å². The normalized spacial score (nSPS) is 43.6. The first-order chi connectivity index (χ1) is 13.8. The average molecular weight is 406 g/mol. The summed E-state index contributed by atoms with van der Waals surface area (Å²) in [6, 6.07) is 0. The van der Waals surface area contributed by atoms with Crippen molar-refractivity contribution in [3.05, 3.63) is 23.3 Å². The van der Waals surface area contributed by atoms with E-state index in [1.165, 1.54) is 37.7 Å². The van der Waals surface area contributed by atoms with Crippen LogP contribution < -0.4 is 0 Å². The highest BCUT2D eigenvalue weighted by Gasteiger charge is 2.50. The first-order valence-corrected chi connectivity index (χ1v) is 12.0. The van der Waals surface area contributed by atoms with Gasteiger partial charge >= 0.3 is 0 Å². The molecule has 1 saturated heterocycles. The van der Waals surface area contributed by atoms with Crippen LogP contribution in [0.5, 0.6) is 0 Å². The molecule has 0 radical (unpaired) electrons. The first kappa shape index (κ1) is 21.5. The summed E-state index contributed by atoms with van der Waals surface area (Å²) in [6.07, 6.45) is 12.1. The van der Waals surface area contributed by atoms with Crippen LogP contribution in [0.2, 0.25) is 0 Å². The minimum Gasteiger partial charge on any atom is -0.393 e. The van der Waals surface area contributed by atoms with E-state index in [1.807, 2.05) is 0 Å². The van der Waals surface area contributed by atoms with Gasteiger partial charge in [-0.25, -0.2) is 4.39 Å². The molecule has 0 bridgehead atoms. The van der Waals surface area contributed by atoms with Crippen molar-refractivity contribution in [1.82, 2.24) is 4.90 Å². The zero-order valence-corrected chi connectivity index (χ0v) is 18.3. The van der Waals surface area contributed by atoms with Crippen molar-refractivity contribution in [1.29, 1.82) is 0 Å². The maximum atomic E-state index is 13.6. The second kappa shape index (κ2) is 8.80. The number of hydrogen-bond acceptors (Lipinski definition) is 3. The van der Waals surface area contributed by atoms with E-state index >= 15 is 0 Å². The van der Waals surface area contributed by atoms with Crippen molar-refractivity contribution in [2.45, 2.75) is 90.0 Å². The van der Waals surface area contributed by atoms with Crippen molar-refractivity contribution < 1.29 is 14.6 Å². The van der Waals surface area contributed by atoms with Gasteiger partial charge in [-0.3, -0.25) is 0 Å². The maximum absolute atomic E-state index is 13.6. The third-order valence-corrected chi connectivity index (χ3v) is 8.56. The standard InChI is InChI=1S/C25H40FNO2/c1-17(15-27-11-9-20(26)16-27)23-7-8-24-19(4-3-10-25(23,24)2)6-5-18-12-21(28)14-22(29)13-18/h5-6,17,20-24,28-29H,3-4,7-16H2,1-2H3/b19-6+/t17?,20-,21+,22+,23+,24-,25+/m0/s1. The van der Waals surface area contributed by atoms with Crippen molar-refractivity contribution in [3.8, 4) is 0 Å². The molecule has 29 heavy (non-hydrogen) atoms. The Morgan fingerprint density at radius 3 is 2.62 bits per heavy atom. The largest absolute Gasteiger partial charge is 0.393 e. The summed E-state index contributed by atoms with van der Waals surface area (Å²) in [7, 11) is 0. The monoisotopic (exact) mass is 405 g/mol. The molecule has 0 aromatic carbocycles. The van der Waals surface area contributed by atoms with E-state index in [4.69, 9.17) is 0 Å². The van der Waals surface area contributed by atoms with Gasteiger partial charge in [-0.2, -0.15) is 0 Å². The Morgan fingerprint density at radius 2 is 1.93 bits per heavy atom. The predicted octanol–water partition coefficient (Wildman–Crippen LogP) is 4.64. The van der Waals surface area contributed by atoms with E-state index in [-0.39, 0.29) is 0 Å². The highest BCUT2D eigenvalue weighted by atomic mass is 19.1. The fourth-order valence-electron chi connectivity index (χ4n) is 7.23.